The molecular formula is C18H21F3N2OS. The molecule has 0 bridgehead atoms. The maximum Gasteiger partial charge on any atom is 0.405 e. The molecule has 25 heavy (non-hydrogen) atoms. The Morgan fingerprint density at radius 2 is 1.76 bits per heavy atom. The molecule has 0 aliphatic rings. The number of hydrogen-bond acceptors (Lipinski definition) is 3. The number of halogens is 3. The molecule has 3 nitrogen and oxygen atoms in total. The van der Waals surface area contributed by atoms with Crippen LogP contribution in [0.15, 0.2) is 41.8 Å². The van der Waals surface area contributed by atoms with Crippen molar-refractivity contribution in [3.63, 3.8) is 0 Å². The maximum atomic E-state index is 12.2. The molecule has 0 aliphatic carbocycles. The van der Waals surface area contributed by atoms with E-state index in [0.29, 0.717) is 5.92 Å². The Morgan fingerprint density at radius 1 is 1.12 bits per heavy atom. The molecule has 1 unspecified atom stereocenters. The van der Waals surface area contributed by atoms with Gasteiger partial charge in [-0.1, -0.05) is 44.2 Å². The summed E-state index contributed by atoms with van der Waals surface area (Å²) < 4.78 is 36.5. The lowest BCUT2D eigenvalue weighted by Crippen LogP contribution is -2.40. The molecule has 0 saturated heterocycles. The number of nitrogens with one attached hydrogen (secondary N) is 2. The highest BCUT2D eigenvalue weighted by Crippen LogP contribution is 2.27. The van der Waals surface area contributed by atoms with E-state index in [1.807, 2.05) is 47.1 Å². The number of rotatable bonds is 7. The normalized spacial score (nSPS) is 13.0. The lowest BCUT2D eigenvalue weighted by atomic mass is 9.98. The van der Waals surface area contributed by atoms with Gasteiger partial charge in [0.05, 0.1) is 12.6 Å². The summed E-state index contributed by atoms with van der Waals surface area (Å²) in [7, 11) is 0. The predicted molar refractivity (Wildman–Crippen MR) is 93.8 cm³/mol. The van der Waals surface area contributed by atoms with Gasteiger partial charge in [-0.15, -0.1) is 11.3 Å². The molecule has 0 aliphatic heterocycles. The highest BCUT2D eigenvalue weighted by atomic mass is 32.1. The largest absolute Gasteiger partial charge is 0.405 e. The minimum Gasteiger partial charge on any atom is -0.346 e. The predicted octanol–water partition coefficient (Wildman–Crippen LogP) is 4.23. The van der Waals surface area contributed by atoms with Crippen LogP contribution in [-0.4, -0.2) is 25.2 Å². The molecule has 0 saturated carbocycles. The minimum atomic E-state index is -4.41. The van der Waals surface area contributed by atoms with Crippen molar-refractivity contribution in [3.8, 4) is 0 Å². The zero-order chi connectivity index (χ0) is 18.4. The molecule has 1 amide bonds. The molecule has 136 valence electrons. The molecule has 0 fully saturated rings. The highest BCUT2D eigenvalue weighted by Gasteiger charge is 2.27. The van der Waals surface area contributed by atoms with Crippen LogP contribution in [0.4, 0.5) is 13.2 Å². The lowest BCUT2D eigenvalue weighted by Gasteiger charge is -2.19. The standard InChI is InChI=1S/C18H21F3N2OS/c1-12(2)13-5-7-14(8-6-13)17(15-4-3-9-25-15)22-10-16(24)23-11-18(19,20)21/h3-9,12,17,22H,10-11H2,1-2H3,(H,23,24). The minimum absolute atomic E-state index is 0.190. The van der Waals surface area contributed by atoms with Gasteiger partial charge < -0.3 is 5.32 Å². The van der Waals surface area contributed by atoms with Crippen LogP contribution >= 0.6 is 11.3 Å². The van der Waals surface area contributed by atoms with Crippen molar-refractivity contribution in [1.82, 2.24) is 10.6 Å². The van der Waals surface area contributed by atoms with Crippen LogP contribution in [0.25, 0.3) is 0 Å². The molecule has 0 spiro atoms. The van der Waals surface area contributed by atoms with Gasteiger partial charge in [0, 0.05) is 4.88 Å². The first kappa shape index (κ1) is 19.5. The zero-order valence-electron chi connectivity index (χ0n) is 14.1. The Labute approximate surface area is 149 Å². The second kappa shape index (κ2) is 8.49. The molecular weight excluding hydrogens is 349 g/mol. The summed E-state index contributed by atoms with van der Waals surface area (Å²) in [6, 6.07) is 11.6. The van der Waals surface area contributed by atoms with Crippen LogP contribution < -0.4 is 10.6 Å². The van der Waals surface area contributed by atoms with E-state index < -0.39 is 18.6 Å². The van der Waals surface area contributed by atoms with Crippen molar-refractivity contribution in [3.05, 3.63) is 57.8 Å². The van der Waals surface area contributed by atoms with Gasteiger partial charge in [0.15, 0.2) is 0 Å². The Bertz CT molecular complexity index is 667. The average molecular weight is 370 g/mol. The maximum absolute atomic E-state index is 12.2. The van der Waals surface area contributed by atoms with Gasteiger partial charge in [-0.05, 0) is 28.5 Å². The van der Waals surface area contributed by atoms with E-state index in [0.717, 1.165) is 10.4 Å². The summed E-state index contributed by atoms with van der Waals surface area (Å²) in [6.45, 7) is 2.70. The first-order valence-electron chi connectivity index (χ1n) is 7.96. The molecule has 2 aromatic rings. The number of carbonyl (C=O) groups excluding carboxylic acids is 1. The van der Waals surface area contributed by atoms with E-state index in [-0.39, 0.29) is 12.6 Å². The quantitative estimate of drug-likeness (QED) is 0.766. The van der Waals surface area contributed by atoms with E-state index in [9.17, 15) is 18.0 Å². The van der Waals surface area contributed by atoms with Gasteiger partial charge in [0.2, 0.25) is 5.91 Å². The van der Waals surface area contributed by atoms with Crippen LogP contribution in [0.5, 0.6) is 0 Å². The fourth-order valence-electron chi connectivity index (χ4n) is 2.37. The Morgan fingerprint density at radius 3 is 2.28 bits per heavy atom. The summed E-state index contributed by atoms with van der Waals surface area (Å²) in [6.07, 6.45) is -4.41. The fourth-order valence-corrected chi connectivity index (χ4v) is 3.19. The summed E-state index contributed by atoms with van der Waals surface area (Å²) >= 11 is 1.53. The number of thiophene rings is 1. The van der Waals surface area contributed by atoms with Crippen LogP contribution in [-0.2, 0) is 4.79 Å². The summed E-state index contributed by atoms with van der Waals surface area (Å²) in [5.74, 6) is -0.270. The van der Waals surface area contributed by atoms with Crippen molar-refractivity contribution in [2.45, 2.75) is 32.0 Å². The lowest BCUT2D eigenvalue weighted by molar-refractivity contribution is -0.137. The van der Waals surface area contributed by atoms with E-state index in [1.54, 1.807) is 0 Å². The van der Waals surface area contributed by atoms with Crippen molar-refractivity contribution in [1.29, 1.82) is 0 Å². The van der Waals surface area contributed by atoms with Crippen molar-refractivity contribution >= 4 is 17.2 Å². The second-order valence-electron chi connectivity index (χ2n) is 6.04. The number of amides is 1. The second-order valence-corrected chi connectivity index (χ2v) is 7.02. The van der Waals surface area contributed by atoms with Crippen molar-refractivity contribution in [2.24, 2.45) is 0 Å². The first-order valence-corrected chi connectivity index (χ1v) is 8.84. The average Bonchev–Trinajstić information content (AvgIpc) is 3.07. The van der Waals surface area contributed by atoms with Gasteiger partial charge in [-0.25, -0.2) is 0 Å². The van der Waals surface area contributed by atoms with E-state index in [4.69, 9.17) is 0 Å². The first-order chi connectivity index (χ1) is 11.8. The van der Waals surface area contributed by atoms with Crippen LogP contribution in [0.1, 0.15) is 41.8 Å². The van der Waals surface area contributed by atoms with Gasteiger partial charge in [0.1, 0.15) is 6.54 Å². The highest BCUT2D eigenvalue weighted by molar-refractivity contribution is 7.10. The molecule has 2 rings (SSSR count). The van der Waals surface area contributed by atoms with Crippen LogP contribution in [0, 0.1) is 0 Å². The van der Waals surface area contributed by atoms with Crippen LogP contribution in [0.2, 0.25) is 0 Å². The monoisotopic (exact) mass is 370 g/mol. The zero-order valence-corrected chi connectivity index (χ0v) is 14.9. The third-order valence-electron chi connectivity index (χ3n) is 3.72. The molecule has 2 N–H and O–H groups in total. The Kier molecular flexibility index (Phi) is 6.61. The molecule has 1 atom stereocenters. The van der Waals surface area contributed by atoms with E-state index >= 15 is 0 Å². The summed E-state index contributed by atoms with van der Waals surface area (Å²) in [4.78, 5) is 12.7. The van der Waals surface area contributed by atoms with Crippen molar-refractivity contribution < 1.29 is 18.0 Å². The number of hydrogen-bond donors (Lipinski definition) is 2. The van der Waals surface area contributed by atoms with E-state index in [1.165, 1.54) is 16.9 Å². The molecule has 0 radical (unpaired) electrons. The molecule has 1 heterocycles. The number of carbonyl (C=O) groups is 1. The summed E-state index contributed by atoms with van der Waals surface area (Å²) in [5, 5.41) is 6.86. The molecule has 7 heteroatoms. The Hall–Kier alpha value is -1.86. The molecule has 1 aromatic heterocycles. The summed E-state index contributed by atoms with van der Waals surface area (Å²) in [5.41, 5.74) is 2.17. The molecule has 1 aromatic carbocycles. The van der Waals surface area contributed by atoms with Crippen molar-refractivity contribution in [2.75, 3.05) is 13.1 Å². The topological polar surface area (TPSA) is 41.1 Å². The smallest absolute Gasteiger partial charge is 0.346 e. The van der Waals surface area contributed by atoms with Gasteiger partial charge in [0.25, 0.3) is 0 Å². The van der Waals surface area contributed by atoms with E-state index in [2.05, 4.69) is 19.2 Å². The van der Waals surface area contributed by atoms with Gasteiger partial charge in [-0.2, -0.15) is 13.2 Å². The third-order valence-corrected chi connectivity index (χ3v) is 4.65. The van der Waals surface area contributed by atoms with Gasteiger partial charge >= 0.3 is 6.18 Å². The van der Waals surface area contributed by atoms with Gasteiger partial charge in [-0.3, -0.25) is 10.1 Å². The third kappa shape index (κ3) is 6.17. The SMILES string of the molecule is CC(C)c1ccc(C(NCC(=O)NCC(F)(F)F)c2cccs2)cc1. The van der Waals surface area contributed by atoms with Crippen LogP contribution in [0.3, 0.4) is 0 Å². The fraction of sp³-hybridized carbons (Fsp3) is 0.389. The number of benzene rings is 1. The number of alkyl halides is 3. The Balaban J connectivity index is 2.06.